The second-order valence-electron chi connectivity index (χ2n) is 5.08. The first-order valence-electron chi connectivity index (χ1n) is 7.13. The molecule has 1 aromatic carbocycles. The third-order valence-electron chi connectivity index (χ3n) is 3.04. The molecule has 1 unspecified atom stereocenters. The van der Waals surface area contributed by atoms with Crippen molar-refractivity contribution in [2.75, 3.05) is 19.8 Å². The zero-order valence-corrected chi connectivity index (χ0v) is 12.9. The number of esters is 1. The average molecular weight is 279 g/mol. The number of aryl methyl sites for hydroxylation is 1. The summed E-state index contributed by atoms with van der Waals surface area (Å²) < 4.78 is 10.9. The lowest BCUT2D eigenvalue weighted by Crippen LogP contribution is -2.55. The van der Waals surface area contributed by atoms with Crippen molar-refractivity contribution in [2.45, 2.75) is 39.7 Å². The van der Waals surface area contributed by atoms with E-state index in [1.165, 1.54) is 5.56 Å². The van der Waals surface area contributed by atoms with Crippen LogP contribution in [0.5, 0.6) is 5.75 Å². The average Bonchev–Trinajstić information content (AvgIpc) is 2.45. The van der Waals surface area contributed by atoms with Crippen molar-refractivity contribution in [1.82, 2.24) is 5.32 Å². The van der Waals surface area contributed by atoms with Gasteiger partial charge in [0.25, 0.3) is 0 Å². The van der Waals surface area contributed by atoms with E-state index in [2.05, 4.69) is 12.2 Å². The Morgan fingerprint density at radius 3 is 2.45 bits per heavy atom. The molecule has 1 rings (SSSR count). The summed E-state index contributed by atoms with van der Waals surface area (Å²) in [5.41, 5.74) is 0.353. The summed E-state index contributed by atoms with van der Waals surface area (Å²) in [4.78, 5) is 12.1. The van der Waals surface area contributed by atoms with Crippen LogP contribution >= 0.6 is 0 Å². The van der Waals surface area contributed by atoms with Gasteiger partial charge in [0.1, 0.15) is 17.9 Å². The first kappa shape index (κ1) is 16.5. The highest BCUT2D eigenvalue weighted by Crippen LogP contribution is 2.15. The normalized spacial score (nSPS) is 13.6. The molecule has 0 bridgehead atoms. The number of carbonyl (C=O) groups excluding carboxylic acids is 1. The summed E-state index contributed by atoms with van der Waals surface area (Å²) in [5.74, 6) is 0.477. The zero-order valence-electron chi connectivity index (χ0n) is 12.9. The second kappa shape index (κ2) is 7.90. The number of benzene rings is 1. The predicted octanol–water partition coefficient (Wildman–Crippen LogP) is 2.70. The quantitative estimate of drug-likeness (QED) is 0.743. The maximum Gasteiger partial charge on any atom is 0.329 e. The Morgan fingerprint density at radius 2 is 1.90 bits per heavy atom. The highest BCUT2D eigenvalue weighted by atomic mass is 16.5. The molecule has 4 nitrogen and oxygen atoms in total. The number of ether oxygens (including phenoxy) is 2. The zero-order chi connectivity index (χ0) is 15.0. The fraction of sp³-hybridized carbons (Fsp3) is 0.562. The second-order valence-corrected chi connectivity index (χ2v) is 5.08. The Morgan fingerprint density at radius 1 is 1.25 bits per heavy atom. The van der Waals surface area contributed by atoms with Crippen LogP contribution in [0.1, 0.15) is 32.8 Å². The van der Waals surface area contributed by atoms with Gasteiger partial charge in [0.2, 0.25) is 0 Å². The van der Waals surface area contributed by atoms with Crippen molar-refractivity contribution < 1.29 is 14.3 Å². The van der Waals surface area contributed by atoms with E-state index in [1.807, 2.05) is 38.1 Å². The summed E-state index contributed by atoms with van der Waals surface area (Å²) in [5, 5.41) is 3.21. The lowest BCUT2D eigenvalue weighted by atomic mass is 10.0. The van der Waals surface area contributed by atoms with Gasteiger partial charge in [-0.25, -0.2) is 4.79 Å². The van der Waals surface area contributed by atoms with Gasteiger partial charge in [-0.1, -0.05) is 24.6 Å². The molecule has 0 fully saturated rings. The molecule has 1 atom stereocenters. The lowest BCUT2D eigenvalue weighted by Gasteiger charge is -2.28. The van der Waals surface area contributed by atoms with Gasteiger partial charge < -0.3 is 9.47 Å². The van der Waals surface area contributed by atoms with Gasteiger partial charge in [0.15, 0.2) is 0 Å². The van der Waals surface area contributed by atoms with E-state index in [9.17, 15) is 4.79 Å². The molecule has 0 radical (unpaired) electrons. The molecule has 0 heterocycles. The summed E-state index contributed by atoms with van der Waals surface area (Å²) in [6, 6.07) is 7.77. The molecule has 1 N–H and O–H groups in total. The Kier molecular flexibility index (Phi) is 6.52. The summed E-state index contributed by atoms with van der Waals surface area (Å²) >= 11 is 0. The third kappa shape index (κ3) is 4.85. The largest absolute Gasteiger partial charge is 0.491 e. The Balaban J connectivity index is 2.68. The van der Waals surface area contributed by atoms with Crippen LogP contribution in [0.2, 0.25) is 0 Å². The number of nitrogens with one attached hydrogen (secondary N) is 1. The van der Waals surface area contributed by atoms with Crippen LogP contribution in [-0.2, 0) is 9.53 Å². The maximum atomic E-state index is 12.1. The SMILES string of the molecule is CCCNC(C)(COc1ccc(C)cc1)C(=O)OCC. The molecule has 0 aliphatic carbocycles. The van der Waals surface area contributed by atoms with Crippen LogP contribution in [0, 0.1) is 6.92 Å². The molecule has 20 heavy (non-hydrogen) atoms. The summed E-state index contributed by atoms with van der Waals surface area (Å²) in [7, 11) is 0. The minimum Gasteiger partial charge on any atom is -0.491 e. The minimum atomic E-state index is -0.823. The van der Waals surface area contributed by atoms with Crippen LogP contribution in [0.15, 0.2) is 24.3 Å². The summed E-state index contributed by atoms with van der Waals surface area (Å²) in [6.45, 7) is 9.05. The van der Waals surface area contributed by atoms with E-state index in [-0.39, 0.29) is 12.6 Å². The van der Waals surface area contributed by atoms with Crippen molar-refractivity contribution in [3.63, 3.8) is 0 Å². The minimum absolute atomic E-state index is 0.245. The standard InChI is InChI=1S/C16H25NO3/c1-5-11-17-16(4,15(18)19-6-2)12-20-14-9-7-13(3)8-10-14/h7-10,17H,5-6,11-12H2,1-4H3. The van der Waals surface area contributed by atoms with E-state index < -0.39 is 5.54 Å². The highest BCUT2D eigenvalue weighted by Gasteiger charge is 2.35. The highest BCUT2D eigenvalue weighted by molar-refractivity contribution is 5.80. The van der Waals surface area contributed by atoms with E-state index in [0.717, 1.165) is 18.7 Å². The predicted molar refractivity (Wildman–Crippen MR) is 80.0 cm³/mol. The molecule has 0 aliphatic heterocycles. The van der Waals surface area contributed by atoms with Gasteiger partial charge in [-0.2, -0.15) is 0 Å². The molecule has 4 heteroatoms. The number of carbonyl (C=O) groups is 1. The number of hydrogen-bond donors (Lipinski definition) is 1. The van der Waals surface area contributed by atoms with Crippen LogP contribution < -0.4 is 10.1 Å². The van der Waals surface area contributed by atoms with Crippen LogP contribution in [0.3, 0.4) is 0 Å². The van der Waals surface area contributed by atoms with Crippen molar-refractivity contribution in [2.24, 2.45) is 0 Å². The molecule has 112 valence electrons. The van der Waals surface area contributed by atoms with Crippen molar-refractivity contribution in [3.8, 4) is 5.75 Å². The van der Waals surface area contributed by atoms with Gasteiger partial charge in [0.05, 0.1) is 6.61 Å². The molecule has 1 aromatic rings. The van der Waals surface area contributed by atoms with E-state index in [4.69, 9.17) is 9.47 Å². The van der Waals surface area contributed by atoms with Gasteiger partial charge >= 0.3 is 5.97 Å². The van der Waals surface area contributed by atoms with Crippen LogP contribution in [0.4, 0.5) is 0 Å². The molecule has 0 saturated carbocycles. The van der Waals surface area contributed by atoms with Gasteiger partial charge in [-0.3, -0.25) is 5.32 Å². The van der Waals surface area contributed by atoms with Crippen molar-refractivity contribution >= 4 is 5.97 Å². The fourth-order valence-electron chi connectivity index (χ4n) is 1.74. The molecular weight excluding hydrogens is 254 g/mol. The Labute approximate surface area is 121 Å². The molecule has 0 aromatic heterocycles. The lowest BCUT2D eigenvalue weighted by molar-refractivity contribution is -0.151. The van der Waals surface area contributed by atoms with Crippen molar-refractivity contribution in [1.29, 1.82) is 0 Å². The van der Waals surface area contributed by atoms with E-state index in [0.29, 0.717) is 6.61 Å². The smallest absolute Gasteiger partial charge is 0.329 e. The molecule has 0 spiro atoms. The molecule has 0 amide bonds. The molecular formula is C16H25NO3. The monoisotopic (exact) mass is 279 g/mol. The first-order chi connectivity index (χ1) is 9.51. The molecule has 0 aliphatic rings. The first-order valence-corrected chi connectivity index (χ1v) is 7.13. The maximum absolute atomic E-state index is 12.1. The topological polar surface area (TPSA) is 47.6 Å². The number of hydrogen-bond acceptors (Lipinski definition) is 4. The Hall–Kier alpha value is -1.55. The number of rotatable bonds is 8. The van der Waals surface area contributed by atoms with Gasteiger partial charge in [-0.15, -0.1) is 0 Å². The third-order valence-corrected chi connectivity index (χ3v) is 3.04. The Bertz CT molecular complexity index is 416. The van der Waals surface area contributed by atoms with Crippen LogP contribution in [-0.4, -0.2) is 31.3 Å². The van der Waals surface area contributed by atoms with Gasteiger partial charge in [-0.05, 0) is 45.9 Å². The van der Waals surface area contributed by atoms with E-state index in [1.54, 1.807) is 6.92 Å². The van der Waals surface area contributed by atoms with Gasteiger partial charge in [0, 0.05) is 0 Å². The molecule has 0 saturated heterocycles. The van der Waals surface area contributed by atoms with Crippen molar-refractivity contribution in [3.05, 3.63) is 29.8 Å². The summed E-state index contributed by atoms with van der Waals surface area (Å²) in [6.07, 6.45) is 0.944. The van der Waals surface area contributed by atoms with E-state index >= 15 is 0 Å². The van der Waals surface area contributed by atoms with Crippen LogP contribution in [0.25, 0.3) is 0 Å². The fourth-order valence-corrected chi connectivity index (χ4v) is 1.74.